The van der Waals surface area contributed by atoms with Gasteiger partial charge in [-0.2, -0.15) is 0 Å². The Hall–Kier alpha value is -0.370. The molecule has 0 amide bonds. The van der Waals surface area contributed by atoms with Crippen LogP contribution in [0.4, 0.5) is 0 Å². The van der Waals surface area contributed by atoms with Gasteiger partial charge in [0.05, 0.1) is 5.60 Å². The summed E-state index contributed by atoms with van der Waals surface area (Å²) in [7, 11) is 0. The lowest BCUT2D eigenvalue weighted by Crippen LogP contribution is -2.19. The third-order valence-corrected chi connectivity index (χ3v) is 2.83. The van der Waals surface area contributed by atoms with Gasteiger partial charge in [-0.3, -0.25) is 0 Å². The molecule has 0 aromatic rings. The Morgan fingerprint density at radius 1 is 1.20 bits per heavy atom. The van der Waals surface area contributed by atoms with Gasteiger partial charge >= 0.3 is 0 Å². The van der Waals surface area contributed by atoms with Crippen molar-refractivity contribution < 1.29 is 9.90 Å². The molecule has 0 rings (SSSR count). The average Bonchev–Trinajstić information content (AvgIpc) is 2.10. The lowest BCUT2D eigenvalue weighted by molar-refractivity contribution is -0.108. The van der Waals surface area contributed by atoms with E-state index in [4.69, 9.17) is 0 Å². The first-order chi connectivity index (χ1) is 6.85. The van der Waals surface area contributed by atoms with E-state index in [1.165, 1.54) is 0 Å². The maximum absolute atomic E-state index is 10.2. The molecule has 0 spiro atoms. The molecule has 0 radical (unpaired) electrons. The van der Waals surface area contributed by atoms with E-state index in [0.717, 1.165) is 32.0 Å². The highest BCUT2D eigenvalue weighted by molar-refractivity contribution is 5.49. The second-order valence-corrected chi connectivity index (χ2v) is 5.54. The van der Waals surface area contributed by atoms with Crippen molar-refractivity contribution in [1.82, 2.24) is 0 Å². The van der Waals surface area contributed by atoms with Gasteiger partial charge in [0.1, 0.15) is 6.29 Å². The monoisotopic (exact) mass is 214 g/mol. The zero-order valence-corrected chi connectivity index (χ0v) is 10.6. The third-order valence-electron chi connectivity index (χ3n) is 2.83. The van der Waals surface area contributed by atoms with Crippen LogP contribution in [0.2, 0.25) is 0 Å². The van der Waals surface area contributed by atoms with Gasteiger partial charge < -0.3 is 9.90 Å². The Kier molecular flexibility index (Phi) is 6.82. The van der Waals surface area contributed by atoms with Gasteiger partial charge in [0, 0.05) is 6.42 Å². The Morgan fingerprint density at radius 2 is 1.73 bits per heavy atom. The highest BCUT2D eigenvalue weighted by atomic mass is 16.3. The quantitative estimate of drug-likeness (QED) is 0.630. The van der Waals surface area contributed by atoms with Crippen LogP contribution in [0.1, 0.15) is 59.8 Å². The van der Waals surface area contributed by atoms with Crippen LogP contribution in [0.3, 0.4) is 0 Å². The Labute approximate surface area is 94.1 Å². The topological polar surface area (TPSA) is 37.3 Å². The first-order valence-corrected chi connectivity index (χ1v) is 6.01. The minimum absolute atomic E-state index is 0.541. The van der Waals surface area contributed by atoms with Gasteiger partial charge in [-0.05, 0) is 51.4 Å². The summed E-state index contributed by atoms with van der Waals surface area (Å²) in [5.41, 5.74) is -0.541. The Bertz CT molecular complexity index is 170. The van der Waals surface area contributed by atoms with Crippen molar-refractivity contribution in [3.05, 3.63) is 0 Å². The molecule has 0 saturated carbocycles. The SMILES string of the molecule is CC(CCC=O)CC(C)CCC(C)(C)O. The van der Waals surface area contributed by atoms with Crippen molar-refractivity contribution in [2.24, 2.45) is 11.8 Å². The minimum Gasteiger partial charge on any atom is -0.390 e. The van der Waals surface area contributed by atoms with Crippen LogP contribution in [0, 0.1) is 11.8 Å². The van der Waals surface area contributed by atoms with Crippen molar-refractivity contribution in [3.8, 4) is 0 Å². The number of aliphatic hydroxyl groups is 1. The fourth-order valence-corrected chi connectivity index (χ4v) is 1.87. The summed E-state index contributed by atoms with van der Waals surface area (Å²) >= 11 is 0. The summed E-state index contributed by atoms with van der Waals surface area (Å²) in [6.45, 7) is 8.14. The molecule has 0 fully saturated rings. The molecule has 0 saturated heterocycles. The smallest absolute Gasteiger partial charge is 0.120 e. The van der Waals surface area contributed by atoms with Crippen LogP contribution >= 0.6 is 0 Å². The highest BCUT2D eigenvalue weighted by Gasteiger charge is 2.15. The van der Waals surface area contributed by atoms with E-state index in [2.05, 4.69) is 13.8 Å². The number of aldehydes is 1. The molecule has 2 atom stereocenters. The van der Waals surface area contributed by atoms with Crippen molar-refractivity contribution in [3.63, 3.8) is 0 Å². The summed E-state index contributed by atoms with van der Waals surface area (Å²) < 4.78 is 0. The van der Waals surface area contributed by atoms with Gasteiger partial charge in [-0.1, -0.05) is 13.8 Å². The first kappa shape index (κ1) is 14.6. The third kappa shape index (κ3) is 9.92. The summed E-state index contributed by atoms with van der Waals surface area (Å²) in [6.07, 6.45) is 5.75. The van der Waals surface area contributed by atoms with Crippen LogP contribution in [0.15, 0.2) is 0 Å². The molecule has 0 heterocycles. The zero-order chi connectivity index (χ0) is 11.9. The molecule has 0 aliphatic heterocycles. The van der Waals surface area contributed by atoms with E-state index < -0.39 is 5.60 Å². The van der Waals surface area contributed by atoms with Crippen LogP contribution in [-0.2, 0) is 4.79 Å². The second kappa shape index (κ2) is 7.00. The van der Waals surface area contributed by atoms with Crippen LogP contribution in [0.5, 0.6) is 0 Å². The van der Waals surface area contributed by atoms with Crippen molar-refractivity contribution in [2.45, 2.75) is 65.4 Å². The van der Waals surface area contributed by atoms with Gasteiger partial charge in [0.2, 0.25) is 0 Å². The first-order valence-electron chi connectivity index (χ1n) is 6.01. The van der Waals surface area contributed by atoms with Crippen molar-refractivity contribution in [2.75, 3.05) is 0 Å². The van der Waals surface area contributed by atoms with E-state index in [9.17, 15) is 9.90 Å². The molecule has 2 nitrogen and oxygen atoms in total. The molecule has 0 aromatic heterocycles. The van der Waals surface area contributed by atoms with Crippen LogP contribution < -0.4 is 0 Å². The molecule has 0 aliphatic carbocycles. The van der Waals surface area contributed by atoms with E-state index in [1.54, 1.807) is 0 Å². The minimum atomic E-state index is -0.541. The Morgan fingerprint density at radius 3 is 2.20 bits per heavy atom. The fraction of sp³-hybridized carbons (Fsp3) is 0.923. The molecule has 0 aromatic carbocycles. The molecular formula is C13H26O2. The van der Waals surface area contributed by atoms with E-state index in [1.807, 2.05) is 13.8 Å². The maximum Gasteiger partial charge on any atom is 0.120 e. The van der Waals surface area contributed by atoms with Crippen molar-refractivity contribution in [1.29, 1.82) is 0 Å². The summed E-state index contributed by atoms with van der Waals surface area (Å²) in [6, 6.07) is 0. The number of carbonyl (C=O) groups is 1. The zero-order valence-electron chi connectivity index (χ0n) is 10.6. The predicted molar refractivity (Wildman–Crippen MR) is 63.8 cm³/mol. The summed E-state index contributed by atoms with van der Waals surface area (Å²) in [5.74, 6) is 1.25. The number of carbonyl (C=O) groups excluding carboxylic acids is 1. The second-order valence-electron chi connectivity index (χ2n) is 5.54. The average molecular weight is 214 g/mol. The van der Waals surface area contributed by atoms with Crippen molar-refractivity contribution >= 4 is 6.29 Å². The molecular weight excluding hydrogens is 188 g/mol. The van der Waals surface area contributed by atoms with Gasteiger partial charge in [0.25, 0.3) is 0 Å². The predicted octanol–water partition coefficient (Wildman–Crippen LogP) is 3.18. The number of hydrogen-bond donors (Lipinski definition) is 1. The van der Waals surface area contributed by atoms with Gasteiger partial charge in [-0.15, -0.1) is 0 Å². The molecule has 0 bridgehead atoms. The number of rotatable bonds is 8. The van der Waals surface area contributed by atoms with Crippen LogP contribution in [0.25, 0.3) is 0 Å². The lowest BCUT2D eigenvalue weighted by Gasteiger charge is -2.21. The van der Waals surface area contributed by atoms with Gasteiger partial charge in [-0.25, -0.2) is 0 Å². The summed E-state index contributed by atoms with van der Waals surface area (Å²) in [5, 5.41) is 9.60. The standard InChI is InChI=1S/C13H26O2/c1-11(6-5-9-14)10-12(2)7-8-13(3,4)15/h9,11-12,15H,5-8,10H2,1-4H3. The highest BCUT2D eigenvalue weighted by Crippen LogP contribution is 2.23. The molecule has 90 valence electrons. The maximum atomic E-state index is 10.2. The fourth-order valence-electron chi connectivity index (χ4n) is 1.87. The molecule has 1 N–H and O–H groups in total. The van der Waals surface area contributed by atoms with Crippen LogP contribution in [-0.4, -0.2) is 17.0 Å². The molecule has 2 heteroatoms. The lowest BCUT2D eigenvalue weighted by atomic mass is 9.88. The Balaban J connectivity index is 3.63. The summed E-state index contributed by atoms with van der Waals surface area (Å²) in [4.78, 5) is 10.2. The van der Waals surface area contributed by atoms with Gasteiger partial charge in [0.15, 0.2) is 0 Å². The molecule has 2 unspecified atom stereocenters. The molecule has 0 aliphatic rings. The largest absolute Gasteiger partial charge is 0.390 e. The molecule has 15 heavy (non-hydrogen) atoms. The number of hydrogen-bond acceptors (Lipinski definition) is 2. The van der Waals surface area contributed by atoms with E-state index in [-0.39, 0.29) is 0 Å². The normalized spacial score (nSPS) is 16.1. The van der Waals surface area contributed by atoms with E-state index >= 15 is 0 Å². The van der Waals surface area contributed by atoms with E-state index in [0.29, 0.717) is 18.3 Å².